The molecule has 0 radical (unpaired) electrons. The molecule has 0 aromatic rings. The fraction of sp³-hybridized carbons (Fsp3) is 0.958. The zero-order valence-electron chi connectivity index (χ0n) is 76.1. The summed E-state index contributed by atoms with van der Waals surface area (Å²) in [5, 5.41) is 10.7. The van der Waals surface area contributed by atoms with Crippen molar-refractivity contribution in [1.82, 2.24) is 0 Å². The summed E-state index contributed by atoms with van der Waals surface area (Å²) in [6.07, 6.45) is 83.4. The minimum atomic E-state index is -4.97. The number of ether oxygens (including phenoxy) is 4. The van der Waals surface area contributed by atoms with E-state index in [1.807, 2.05) is 0 Å². The average Bonchev–Trinajstić information content (AvgIpc) is 0.899. The molecule has 115 heavy (non-hydrogen) atoms. The van der Waals surface area contributed by atoms with Crippen molar-refractivity contribution in [3.05, 3.63) is 0 Å². The van der Waals surface area contributed by atoms with Crippen LogP contribution in [0.2, 0.25) is 0 Å². The number of unbranched alkanes of at least 4 members (excludes halogenated alkanes) is 64. The van der Waals surface area contributed by atoms with Gasteiger partial charge in [-0.2, -0.15) is 0 Å². The zero-order valence-corrected chi connectivity index (χ0v) is 77.9. The van der Waals surface area contributed by atoms with Crippen molar-refractivity contribution in [2.24, 2.45) is 11.8 Å². The van der Waals surface area contributed by atoms with Crippen molar-refractivity contribution in [2.45, 2.75) is 541 Å². The maximum absolute atomic E-state index is 13.2. The Morgan fingerprint density at radius 2 is 0.443 bits per heavy atom. The Kier molecular flexibility index (Phi) is 85.5. The van der Waals surface area contributed by atoms with Crippen LogP contribution in [-0.2, 0) is 65.4 Å². The van der Waals surface area contributed by atoms with Crippen LogP contribution < -0.4 is 0 Å². The predicted octanol–water partition coefficient (Wildman–Crippen LogP) is 30.1. The Hall–Kier alpha value is -1.94. The lowest BCUT2D eigenvalue weighted by Gasteiger charge is -2.21. The average molecular weight is 1680 g/mol. The quantitative estimate of drug-likeness (QED) is 0.0222. The highest BCUT2D eigenvalue weighted by Crippen LogP contribution is 2.45. The number of hydrogen-bond donors (Lipinski definition) is 3. The number of aliphatic hydroxyl groups excluding tert-OH is 1. The molecule has 0 aliphatic carbocycles. The van der Waals surface area contributed by atoms with Crippen molar-refractivity contribution in [1.29, 1.82) is 0 Å². The zero-order chi connectivity index (χ0) is 84.1. The van der Waals surface area contributed by atoms with Crippen molar-refractivity contribution in [2.75, 3.05) is 39.6 Å². The normalized spacial score (nSPS) is 13.9. The molecule has 3 N–H and O–H groups in total. The topological polar surface area (TPSA) is 237 Å². The van der Waals surface area contributed by atoms with Gasteiger partial charge in [-0.3, -0.25) is 37.3 Å². The van der Waals surface area contributed by atoms with Gasteiger partial charge in [-0.1, -0.05) is 472 Å². The number of carbonyl (C=O) groups is 4. The minimum Gasteiger partial charge on any atom is -0.462 e. The number of rotatable bonds is 95. The van der Waals surface area contributed by atoms with Crippen molar-refractivity contribution < 1.29 is 80.2 Å². The first-order chi connectivity index (χ1) is 55.9. The molecule has 684 valence electrons. The van der Waals surface area contributed by atoms with Gasteiger partial charge >= 0.3 is 39.5 Å². The van der Waals surface area contributed by atoms with E-state index in [2.05, 4.69) is 41.5 Å². The van der Waals surface area contributed by atoms with E-state index in [1.54, 1.807) is 0 Å². The van der Waals surface area contributed by atoms with E-state index in [1.165, 1.54) is 340 Å². The second-order valence-corrected chi connectivity index (χ2v) is 38.1. The van der Waals surface area contributed by atoms with E-state index in [4.69, 9.17) is 37.0 Å². The molecule has 0 aliphatic rings. The fourth-order valence-electron chi connectivity index (χ4n) is 15.2. The first kappa shape index (κ1) is 113. The summed E-state index contributed by atoms with van der Waals surface area (Å²) in [5.41, 5.74) is 0. The molecule has 6 atom stereocenters. The molecule has 0 amide bonds. The summed E-state index contributed by atoms with van der Waals surface area (Å²) in [6.45, 7) is 9.83. The second kappa shape index (κ2) is 87.0. The Bertz CT molecular complexity index is 2190. The molecule has 0 rings (SSSR count). The van der Waals surface area contributed by atoms with Crippen LogP contribution in [0, 0.1) is 11.8 Å². The maximum atomic E-state index is 13.2. The number of phosphoric acid groups is 2. The summed E-state index contributed by atoms with van der Waals surface area (Å²) >= 11 is 0. The van der Waals surface area contributed by atoms with Gasteiger partial charge in [0.25, 0.3) is 0 Å². The maximum Gasteiger partial charge on any atom is 0.472 e. The SMILES string of the molecule is CCCCCCCCCCCCCCCCCCCCCCCCC(=O)OC[C@H](COP(=O)(O)OC[C@@H](O)COP(=O)(O)OC[C@@H](COC(=O)CCCCCCCCCCCCCC)OC(=O)CCCCCCCCCCCCCCCCCCC(C)C)OC(=O)CCCCCCCCCCCCCCCCCCCCC(C)CC. The van der Waals surface area contributed by atoms with Gasteiger partial charge in [-0.15, -0.1) is 0 Å². The minimum absolute atomic E-state index is 0.109. The van der Waals surface area contributed by atoms with E-state index in [0.29, 0.717) is 25.7 Å². The van der Waals surface area contributed by atoms with E-state index in [0.717, 1.165) is 102 Å². The van der Waals surface area contributed by atoms with Crippen molar-refractivity contribution >= 4 is 39.5 Å². The van der Waals surface area contributed by atoms with Gasteiger partial charge in [-0.05, 0) is 37.5 Å². The van der Waals surface area contributed by atoms with Crippen LogP contribution in [0.25, 0.3) is 0 Å². The first-order valence-corrected chi connectivity index (χ1v) is 52.5. The summed E-state index contributed by atoms with van der Waals surface area (Å²) in [5.74, 6) is -0.409. The Balaban J connectivity index is 5.24. The highest BCUT2D eigenvalue weighted by molar-refractivity contribution is 7.47. The molecule has 0 aliphatic heterocycles. The third-order valence-corrected chi connectivity index (χ3v) is 25.0. The van der Waals surface area contributed by atoms with Gasteiger partial charge in [-0.25, -0.2) is 9.13 Å². The number of aliphatic hydroxyl groups is 1. The fourth-order valence-corrected chi connectivity index (χ4v) is 16.7. The highest BCUT2D eigenvalue weighted by Gasteiger charge is 2.31. The monoisotopic (exact) mass is 1680 g/mol. The van der Waals surface area contributed by atoms with Crippen molar-refractivity contribution in [3.8, 4) is 0 Å². The molecular formula is C96H188O17P2. The lowest BCUT2D eigenvalue weighted by Crippen LogP contribution is -2.30. The summed E-state index contributed by atoms with van der Waals surface area (Å²) in [6, 6.07) is 0. The number of esters is 4. The second-order valence-electron chi connectivity index (χ2n) is 35.2. The highest BCUT2D eigenvalue weighted by atomic mass is 31.2. The van der Waals surface area contributed by atoms with Crippen molar-refractivity contribution in [3.63, 3.8) is 0 Å². The molecule has 17 nitrogen and oxygen atoms in total. The summed E-state index contributed by atoms with van der Waals surface area (Å²) in [4.78, 5) is 73.6. The molecule has 0 bridgehead atoms. The van der Waals surface area contributed by atoms with Gasteiger partial charge in [0.05, 0.1) is 26.4 Å². The first-order valence-electron chi connectivity index (χ1n) is 49.5. The summed E-state index contributed by atoms with van der Waals surface area (Å²) in [7, 11) is -9.94. The molecule has 0 aromatic heterocycles. The number of hydrogen-bond acceptors (Lipinski definition) is 15. The lowest BCUT2D eigenvalue weighted by molar-refractivity contribution is -0.161. The van der Waals surface area contributed by atoms with Crippen LogP contribution in [-0.4, -0.2) is 96.7 Å². The molecular weight excluding hydrogens is 1490 g/mol. The Labute approximate surface area is 708 Å². The standard InChI is InChI=1S/C96H188O17P2/c1-7-10-12-14-16-18-20-22-23-24-25-26-27-28-32-38-43-49-55-61-67-73-79-94(99)107-85-92(113-95(100)80-74-68-62-56-50-44-39-33-30-29-31-37-42-47-53-59-65-71-77-89(6)9-3)87-111-115(104,105)109-83-90(97)82-108-114(102,103)110-86-91(84-106-93(98)78-72-66-60-54-48-21-19-17-15-13-11-8-2)112-96(101)81-75-69-63-57-51-45-40-35-34-36-41-46-52-58-64-70-76-88(4)5/h88-92,97H,7-87H2,1-6H3,(H,102,103)(H,104,105)/t89?,90-,91+,92+/m0/s1. The molecule has 0 spiro atoms. The van der Waals surface area contributed by atoms with Crippen LogP contribution >= 0.6 is 15.6 Å². The van der Waals surface area contributed by atoms with Crippen LogP contribution in [0.15, 0.2) is 0 Å². The van der Waals surface area contributed by atoms with Crippen LogP contribution in [0.5, 0.6) is 0 Å². The summed E-state index contributed by atoms with van der Waals surface area (Å²) < 4.78 is 69.2. The molecule has 0 heterocycles. The van der Waals surface area contributed by atoms with Gasteiger partial charge in [0.15, 0.2) is 12.2 Å². The van der Waals surface area contributed by atoms with E-state index < -0.39 is 97.5 Å². The third kappa shape index (κ3) is 88.2. The molecule has 0 fully saturated rings. The number of phosphoric ester groups is 2. The van der Waals surface area contributed by atoms with Crippen LogP contribution in [0.4, 0.5) is 0 Å². The van der Waals surface area contributed by atoms with E-state index in [9.17, 15) is 43.2 Å². The molecule has 0 aromatic carbocycles. The molecule has 0 saturated heterocycles. The van der Waals surface area contributed by atoms with E-state index >= 15 is 0 Å². The van der Waals surface area contributed by atoms with Crippen LogP contribution in [0.1, 0.15) is 523 Å². The van der Waals surface area contributed by atoms with Gasteiger partial charge in [0.1, 0.15) is 19.3 Å². The number of carbonyl (C=O) groups excluding carboxylic acids is 4. The third-order valence-electron chi connectivity index (χ3n) is 23.1. The smallest absolute Gasteiger partial charge is 0.462 e. The molecule has 0 saturated carbocycles. The lowest BCUT2D eigenvalue weighted by atomic mass is 9.99. The largest absolute Gasteiger partial charge is 0.472 e. The van der Waals surface area contributed by atoms with Crippen LogP contribution in [0.3, 0.4) is 0 Å². The molecule has 3 unspecified atom stereocenters. The van der Waals surface area contributed by atoms with Gasteiger partial charge < -0.3 is 33.8 Å². The van der Waals surface area contributed by atoms with Gasteiger partial charge in [0.2, 0.25) is 0 Å². The predicted molar refractivity (Wildman–Crippen MR) is 478 cm³/mol. The van der Waals surface area contributed by atoms with Gasteiger partial charge in [0, 0.05) is 25.7 Å². The Morgan fingerprint density at radius 1 is 0.252 bits per heavy atom. The van der Waals surface area contributed by atoms with E-state index in [-0.39, 0.29) is 25.7 Å². The Morgan fingerprint density at radius 3 is 0.661 bits per heavy atom. The molecule has 19 heteroatoms.